The van der Waals surface area contributed by atoms with E-state index in [1.807, 2.05) is 0 Å². The van der Waals surface area contributed by atoms with E-state index in [0.29, 0.717) is 32.5 Å². The lowest BCUT2D eigenvalue weighted by atomic mass is 9.92. The smallest absolute Gasteiger partial charge is 0.0898 e. The zero-order chi connectivity index (χ0) is 11.1. The number of rotatable bonds is 5. The molecule has 1 fully saturated rings. The Morgan fingerprint density at radius 2 is 2.40 bits per heavy atom. The average Bonchev–Trinajstić information content (AvgIpc) is 2.23. The van der Waals surface area contributed by atoms with E-state index in [1.54, 1.807) is 0 Å². The van der Waals surface area contributed by atoms with Crippen molar-refractivity contribution >= 4 is 0 Å². The molecule has 0 radical (unpaired) electrons. The third kappa shape index (κ3) is 4.03. The zero-order valence-electron chi connectivity index (χ0n) is 8.72. The van der Waals surface area contributed by atoms with Gasteiger partial charge >= 0.3 is 0 Å². The monoisotopic (exact) mass is 216 g/mol. The van der Waals surface area contributed by atoms with E-state index < -0.39 is 0 Å². The first-order valence-electron chi connectivity index (χ1n) is 5.25. The van der Waals surface area contributed by atoms with Gasteiger partial charge in [0.05, 0.1) is 12.8 Å². The molecule has 0 bridgehead atoms. The molecule has 1 N–H and O–H groups in total. The normalized spacial score (nSPS) is 27.3. The Labute approximate surface area is 88.5 Å². The van der Waals surface area contributed by atoms with Gasteiger partial charge in [-0.05, 0) is 18.4 Å². The van der Waals surface area contributed by atoms with Crippen molar-refractivity contribution in [2.24, 2.45) is 11.0 Å². The lowest BCUT2D eigenvalue weighted by Crippen LogP contribution is -2.44. The molecule has 0 aliphatic carbocycles. The van der Waals surface area contributed by atoms with Gasteiger partial charge in [0.15, 0.2) is 0 Å². The van der Waals surface area contributed by atoms with E-state index in [2.05, 4.69) is 14.9 Å². The predicted octanol–water partition coefficient (Wildman–Crippen LogP) is 1.34. The molecule has 0 unspecified atom stereocenters. The summed E-state index contributed by atoms with van der Waals surface area (Å²) in [5.74, 6) is 0.0230. The average molecular weight is 216 g/mol. The van der Waals surface area contributed by atoms with E-state index >= 15 is 0 Å². The number of aliphatic hydroxyl groups is 1. The Morgan fingerprint density at radius 1 is 1.60 bits per heavy atom. The third-order valence-electron chi connectivity index (χ3n) is 2.84. The molecule has 86 valence electrons. The van der Waals surface area contributed by atoms with Crippen LogP contribution in [0.4, 0.5) is 4.39 Å². The molecule has 6 heteroatoms. The zero-order valence-corrected chi connectivity index (χ0v) is 8.72. The first kappa shape index (κ1) is 12.2. The summed E-state index contributed by atoms with van der Waals surface area (Å²) in [6.45, 7) is 2.25. The Hall–Kier alpha value is -0.840. The lowest BCUT2D eigenvalue weighted by molar-refractivity contribution is 0.0214. The molecule has 0 aromatic carbocycles. The summed E-state index contributed by atoms with van der Waals surface area (Å²) in [6.07, 6.45) is 0.719. The lowest BCUT2D eigenvalue weighted by Gasteiger charge is -2.35. The molecular weight excluding hydrogens is 199 g/mol. The molecular formula is C9H17FN4O. The van der Waals surface area contributed by atoms with Crippen LogP contribution in [0.25, 0.3) is 10.4 Å². The summed E-state index contributed by atoms with van der Waals surface area (Å²) in [6, 6.07) is 0. The van der Waals surface area contributed by atoms with Crippen molar-refractivity contribution in [1.82, 2.24) is 4.90 Å². The van der Waals surface area contributed by atoms with Crippen LogP contribution >= 0.6 is 0 Å². The Kier molecular flexibility index (Phi) is 5.39. The van der Waals surface area contributed by atoms with Gasteiger partial charge in [-0.1, -0.05) is 5.11 Å². The topological polar surface area (TPSA) is 72.2 Å². The van der Waals surface area contributed by atoms with Crippen molar-refractivity contribution < 1.29 is 9.50 Å². The second-order valence-corrected chi connectivity index (χ2v) is 3.85. The molecule has 1 heterocycles. The molecule has 2 atom stereocenters. The highest BCUT2D eigenvalue weighted by Gasteiger charge is 2.26. The fraction of sp³-hybridized carbons (Fsp3) is 1.00. The quantitative estimate of drug-likeness (QED) is 0.428. The highest BCUT2D eigenvalue weighted by molar-refractivity contribution is 4.80. The maximum atomic E-state index is 12.2. The van der Waals surface area contributed by atoms with Crippen LogP contribution in [0.3, 0.4) is 0 Å². The van der Waals surface area contributed by atoms with Crippen molar-refractivity contribution in [2.75, 3.05) is 32.9 Å². The van der Waals surface area contributed by atoms with Crippen LogP contribution in [0.1, 0.15) is 12.8 Å². The third-order valence-corrected chi connectivity index (χ3v) is 2.84. The minimum absolute atomic E-state index is 0.0230. The predicted molar refractivity (Wildman–Crippen MR) is 55.2 cm³/mol. The molecule has 1 saturated heterocycles. The number of nitrogens with zero attached hydrogens (tertiary/aromatic N) is 4. The van der Waals surface area contributed by atoms with E-state index in [0.717, 1.165) is 6.54 Å². The second kappa shape index (κ2) is 6.61. The summed E-state index contributed by atoms with van der Waals surface area (Å²) >= 11 is 0. The number of halogens is 1. The number of piperidine rings is 1. The number of azide groups is 1. The van der Waals surface area contributed by atoms with Crippen LogP contribution in [-0.2, 0) is 0 Å². The Morgan fingerprint density at radius 3 is 3.07 bits per heavy atom. The van der Waals surface area contributed by atoms with Gasteiger partial charge in [0.1, 0.15) is 0 Å². The number of alkyl halides is 1. The van der Waals surface area contributed by atoms with E-state index in [1.165, 1.54) is 0 Å². The van der Waals surface area contributed by atoms with Gasteiger partial charge in [0, 0.05) is 37.0 Å². The Bertz CT molecular complexity index is 232. The van der Waals surface area contributed by atoms with Gasteiger partial charge in [0.25, 0.3) is 0 Å². The van der Waals surface area contributed by atoms with Crippen LogP contribution in [0.15, 0.2) is 5.11 Å². The molecule has 1 aliphatic heterocycles. The van der Waals surface area contributed by atoms with Crippen LogP contribution in [0.2, 0.25) is 0 Å². The molecule has 1 rings (SSSR count). The summed E-state index contributed by atoms with van der Waals surface area (Å²) in [4.78, 5) is 4.79. The molecule has 0 amide bonds. The van der Waals surface area contributed by atoms with Crippen molar-refractivity contribution in [1.29, 1.82) is 0 Å². The van der Waals surface area contributed by atoms with E-state index in [4.69, 9.17) is 5.53 Å². The standard InChI is InChI=1S/C9H17FN4O/c10-3-1-8-7-14(5-2-9(8)15)6-4-12-13-11/h8-9,15H,1-7H2/t8-,9+/m1/s1. The van der Waals surface area contributed by atoms with E-state index in [9.17, 15) is 9.50 Å². The Balaban J connectivity index is 2.32. The van der Waals surface area contributed by atoms with Crippen molar-refractivity contribution in [3.05, 3.63) is 10.4 Å². The largest absolute Gasteiger partial charge is 0.393 e. The molecule has 0 spiro atoms. The van der Waals surface area contributed by atoms with Crippen LogP contribution in [0, 0.1) is 5.92 Å². The number of hydrogen-bond donors (Lipinski definition) is 1. The van der Waals surface area contributed by atoms with Gasteiger partial charge in [-0.2, -0.15) is 0 Å². The number of likely N-dealkylation sites (tertiary alicyclic amines) is 1. The van der Waals surface area contributed by atoms with Gasteiger partial charge in [-0.15, -0.1) is 0 Å². The van der Waals surface area contributed by atoms with Gasteiger partial charge in [-0.3, -0.25) is 4.39 Å². The molecule has 0 aromatic rings. The van der Waals surface area contributed by atoms with Crippen LogP contribution in [0.5, 0.6) is 0 Å². The SMILES string of the molecule is [N-]=[N+]=NCCN1CC[C@H](O)[C@H](CCF)C1. The highest BCUT2D eigenvalue weighted by Crippen LogP contribution is 2.20. The summed E-state index contributed by atoms with van der Waals surface area (Å²) < 4.78 is 12.2. The molecule has 15 heavy (non-hydrogen) atoms. The van der Waals surface area contributed by atoms with E-state index in [-0.39, 0.29) is 18.7 Å². The minimum atomic E-state index is -0.383. The summed E-state index contributed by atoms with van der Waals surface area (Å²) in [5.41, 5.74) is 8.12. The summed E-state index contributed by atoms with van der Waals surface area (Å²) in [5, 5.41) is 13.1. The van der Waals surface area contributed by atoms with Gasteiger partial charge in [-0.25, -0.2) is 0 Å². The maximum Gasteiger partial charge on any atom is 0.0898 e. The fourth-order valence-corrected chi connectivity index (χ4v) is 1.95. The second-order valence-electron chi connectivity index (χ2n) is 3.85. The molecule has 5 nitrogen and oxygen atoms in total. The van der Waals surface area contributed by atoms with Crippen molar-refractivity contribution in [2.45, 2.75) is 18.9 Å². The summed E-state index contributed by atoms with van der Waals surface area (Å²) in [7, 11) is 0. The molecule has 1 aliphatic rings. The van der Waals surface area contributed by atoms with Crippen molar-refractivity contribution in [3.8, 4) is 0 Å². The first-order chi connectivity index (χ1) is 7.27. The minimum Gasteiger partial charge on any atom is -0.393 e. The molecule has 0 aromatic heterocycles. The van der Waals surface area contributed by atoms with Crippen molar-refractivity contribution in [3.63, 3.8) is 0 Å². The van der Waals surface area contributed by atoms with Gasteiger partial charge in [0.2, 0.25) is 0 Å². The highest BCUT2D eigenvalue weighted by atomic mass is 19.1. The first-order valence-corrected chi connectivity index (χ1v) is 5.25. The maximum absolute atomic E-state index is 12.2. The number of hydrogen-bond acceptors (Lipinski definition) is 3. The number of aliphatic hydroxyl groups excluding tert-OH is 1. The molecule has 0 saturated carbocycles. The fourth-order valence-electron chi connectivity index (χ4n) is 1.95. The van der Waals surface area contributed by atoms with Crippen LogP contribution < -0.4 is 0 Å². The van der Waals surface area contributed by atoms with Gasteiger partial charge < -0.3 is 10.0 Å². The van der Waals surface area contributed by atoms with Crippen LogP contribution in [-0.4, -0.2) is 49.0 Å².